The maximum absolute atomic E-state index is 11.8. The molecule has 2 aromatic rings. The predicted octanol–water partition coefficient (Wildman–Crippen LogP) is 3.77. The normalized spacial score (nSPS) is 11.2. The van der Waals surface area contributed by atoms with Crippen LogP contribution in [-0.2, 0) is 4.79 Å². The van der Waals surface area contributed by atoms with E-state index in [1.54, 1.807) is 30.3 Å². The summed E-state index contributed by atoms with van der Waals surface area (Å²) in [5.41, 5.74) is 1.37. The molecule has 0 amide bonds. The van der Waals surface area contributed by atoms with Gasteiger partial charge in [-0.15, -0.1) is 0 Å². The zero-order chi connectivity index (χ0) is 15.4. The van der Waals surface area contributed by atoms with E-state index in [9.17, 15) is 14.9 Å². The van der Waals surface area contributed by atoms with Gasteiger partial charge in [-0.25, -0.2) is 4.98 Å². The molecule has 6 heteroatoms. The molecule has 0 unspecified atom stereocenters. The quantitative estimate of drug-likeness (QED) is 0.373. The second-order valence-corrected chi connectivity index (χ2v) is 4.67. The van der Waals surface area contributed by atoms with E-state index in [1.165, 1.54) is 25.3 Å². The number of nitro benzene ring substituents is 1. The molecule has 0 aliphatic heterocycles. The fourth-order valence-corrected chi connectivity index (χ4v) is 2.07. The van der Waals surface area contributed by atoms with Crippen LogP contribution in [0.1, 0.15) is 18.1 Å². The first-order valence-corrected chi connectivity index (χ1v) is 6.45. The Morgan fingerprint density at radius 1 is 1.33 bits per heavy atom. The van der Waals surface area contributed by atoms with Crippen LogP contribution in [0.3, 0.4) is 0 Å². The fourth-order valence-electron chi connectivity index (χ4n) is 1.85. The molecule has 1 aromatic carbocycles. The summed E-state index contributed by atoms with van der Waals surface area (Å²) in [4.78, 5) is 26.1. The van der Waals surface area contributed by atoms with Gasteiger partial charge in [0, 0.05) is 29.5 Å². The number of Topliss-reactive ketones (excluding diaryl/α,β-unsaturated/α-hetero) is 1. The number of aromatic nitrogens is 1. The second kappa shape index (κ2) is 6.28. The first-order chi connectivity index (χ1) is 9.99. The number of nitrogens with zero attached hydrogens (tertiary/aromatic N) is 2. The average molecular weight is 303 g/mol. The number of halogens is 1. The van der Waals surface area contributed by atoms with Crippen molar-refractivity contribution < 1.29 is 9.72 Å². The smallest absolute Gasteiger partial charge is 0.270 e. The molecule has 1 heterocycles. The van der Waals surface area contributed by atoms with Gasteiger partial charge in [0.15, 0.2) is 5.78 Å². The molecule has 0 spiro atoms. The van der Waals surface area contributed by atoms with E-state index in [4.69, 9.17) is 11.6 Å². The number of benzene rings is 1. The van der Waals surface area contributed by atoms with E-state index in [0.29, 0.717) is 16.7 Å². The number of nitro groups is 1. The number of carbonyl (C=O) groups is 1. The molecule has 0 bridgehead atoms. The van der Waals surface area contributed by atoms with Crippen molar-refractivity contribution in [2.45, 2.75) is 6.92 Å². The molecule has 1 aromatic heterocycles. The molecule has 0 aliphatic carbocycles. The maximum Gasteiger partial charge on any atom is 0.270 e. The predicted molar refractivity (Wildman–Crippen MR) is 80.9 cm³/mol. The minimum Gasteiger partial charge on any atom is -0.294 e. The largest absolute Gasteiger partial charge is 0.294 e. The molecule has 0 radical (unpaired) electrons. The molecule has 5 nitrogen and oxygen atoms in total. The molecule has 0 atom stereocenters. The van der Waals surface area contributed by atoms with Crippen LogP contribution < -0.4 is 0 Å². The number of carbonyl (C=O) groups excluding carboxylic acids is 1. The van der Waals surface area contributed by atoms with Gasteiger partial charge in [-0.3, -0.25) is 14.9 Å². The molecular weight excluding hydrogens is 292 g/mol. The van der Waals surface area contributed by atoms with E-state index in [2.05, 4.69) is 4.98 Å². The second-order valence-electron chi connectivity index (χ2n) is 4.31. The van der Waals surface area contributed by atoms with Crippen LogP contribution in [-0.4, -0.2) is 15.7 Å². The Hall–Kier alpha value is -2.53. The van der Waals surface area contributed by atoms with Gasteiger partial charge < -0.3 is 0 Å². The lowest BCUT2D eigenvalue weighted by Gasteiger charge is -2.06. The molecule has 0 N–H and O–H groups in total. The Morgan fingerprint density at radius 2 is 2.10 bits per heavy atom. The van der Waals surface area contributed by atoms with Crippen molar-refractivity contribution in [1.29, 1.82) is 0 Å². The molecule has 0 fully saturated rings. The van der Waals surface area contributed by atoms with Crippen molar-refractivity contribution in [3.05, 3.63) is 69.0 Å². The Balaban J connectivity index is 2.53. The van der Waals surface area contributed by atoms with Crippen LogP contribution in [0.25, 0.3) is 11.6 Å². The molecular formula is C15H11ClN2O3. The molecule has 0 saturated heterocycles. The van der Waals surface area contributed by atoms with Crippen molar-refractivity contribution >= 4 is 34.7 Å². The molecule has 106 valence electrons. The Kier molecular flexibility index (Phi) is 4.45. The Morgan fingerprint density at radius 3 is 2.71 bits per heavy atom. The highest BCUT2D eigenvalue weighted by molar-refractivity contribution is 6.35. The molecule has 21 heavy (non-hydrogen) atoms. The lowest BCUT2D eigenvalue weighted by atomic mass is 10.0. The molecule has 0 saturated carbocycles. The van der Waals surface area contributed by atoms with Crippen LogP contribution in [0.2, 0.25) is 5.15 Å². The van der Waals surface area contributed by atoms with Crippen molar-refractivity contribution in [3.63, 3.8) is 0 Å². The van der Waals surface area contributed by atoms with Crippen molar-refractivity contribution in [2.24, 2.45) is 0 Å². The Labute approximate surface area is 126 Å². The third-order valence-electron chi connectivity index (χ3n) is 2.82. The monoisotopic (exact) mass is 302 g/mol. The van der Waals surface area contributed by atoms with Crippen molar-refractivity contribution in [2.75, 3.05) is 0 Å². The summed E-state index contributed by atoms with van der Waals surface area (Å²) in [6.07, 6.45) is 3.09. The zero-order valence-electron chi connectivity index (χ0n) is 11.1. The lowest BCUT2D eigenvalue weighted by molar-refractivity contribution is -0.384. The van der Waals surface area contributed by atoms with Gasteiger partial charge in [0.05, 0.1) is 4.92 Å². The lowest BCUT2D eigenvalue weighted by Crippen LogP contribution is -1.98. The van der Waals surface area contributed by atoms with E-state index in [-0.39, 0.29) is 16.6 Å². The minimum atomic E-state index is -0.484. The van der Waals surface area contributed by atoms with Crippen LogP contribution in [0, 0.1) is 10.1 Å². The van der Waals surface area contributed by atoms with Crippen LogP contribution in [0.4, 0.5) is 5.69 Å². The summed E-state index contributed by atoms with van der Waals surface area (Å²) in [5.74, 6) is -0.198. The minimum absolute atomic E-state index is 0.0380. The van der Waals surface area contributed by atoms with Crippen LogP contribution in [0.5, 0.6) is 0 Å². The summed E-state index contributed by atoms with van der Waals surface area (Å²) >= 11 is 6.00. The standard InChI is InChI=1S/C15H11ClN2O3/c1-10(19)14(13-6-3-7-17-15(13)16)9-11-4-2-5-12(8-11)18(20)21/h2-9H,1H3. The number of pyridine rings is 1. The Bertz CT molecular complexity index is 741. The third-order valence-corrected chi connectivity index (χ3v) is 3.12. The molecule has 2 rings (SSSR count). The highest BCUT2D eigenvalue weighted by Crippen LogP contribution is 2.25. The van der Waals surface area contributed by atoms with Crippen LogP contribution in [0.15, 0.2) is 42.6 Å². The first-order valence-electron chi connectivity index (χ1n) is 6.07. The SMILES string of the molecule is CC(=O)C(=Cc1cccc([N+](=O)[O-])c1)c1cccnc1Cl. The van der Waals surface area contributed by atoms with Crippen molar-refractivity contribution in [3.8, 4) is 0 Å². The highest BCUT2D eigenvalue weighted by Gasteiger charge is 2.12. The van der Waals surface area contributed by atoms with Crippen LogP contribution >= 0.6 is 11.6 Å². The first kappa shape index (κ1) is 14.9. The number of ketones is 1. The maximum atomic E-state index is 11.8. The topological polar surface area (TPSA) is 73.1 Å². The number of non-ortho nitro benzene ring substituents is 1. The van der Waals surface area contributed by atoms with E-state index in [0.717, 1.165) is 0 Å². The van der Waals surface area contributed by atoms with E-state index in [1.807, 2.05) is 0 Å². The number of hydrogen-bond donors (Lipinski definition) is 0. The van der Waals surface area contributed by atoms with E-state index >= 15 is 0 Å². The zero-order valence-corrected chi connectivity index (χ0v) is 11.9. The van der Waals surface area contributed by atoms with Crippen molar-refractivity contribution in [1.82, 2.24) is 4.98 Å². The van der Waals surface area contributed by atoms with Gasteiger partial charge in [-0.2, -0.15) is 0 Å². The van der Waals surface area contributed by atoms with Gasteiger partial charge >= 0.3 is 0 Å². The van der Waals surface area contributed by atoms with Gasteiger partial charge in [-0.1, -0.05) is 23.7 Å². The number of allylic oxidation sites excluding steroid dienone is 1. The van der Waals surface area contributed by atoms with Gasteiger partial charge in [0.25, 0.3) is 5.69 Å². The van der Waals surface area contributed by atoms with Gasteiger partial charge in [0.2, 0.25) is 0 Å². The van der Waals surface area contributed by atoms with E-state index < -0.39 is 4.92 Å². The summed E-state index contributed by atoms with van der Waals surface area (Å²) in [6.45, 7) is 1.41. The highest BCUT2D eigenvalue weighted by atomic mass is 35.5. The number of hydrogen-bond acceptors (Lipinski definition) is 4. The summed E-state index contributed by atoms with van der Waals surface area (Å²) < 4.78 is 0. The van der Waals surface area contributed by atoms with Gasteiger partial charge in [-0.05, 0) is 30.7 Å². The summed E-state index contributed by atoms with van der Waals surface area (Å²) in [6, 6.07) is 9.38. The summed E-state index contributed by atoms with van der Waals surface area (Å²) in [7, 11) is 0. The summed E-state index contributed by atoms with van der Waals surface area (Å²) in [5, 5.41) is 11.0. The number of rotatable bonds is 4. The average Bonchev–Trinajstić information content (AvgIpc) is 2.45. The van der Waals surface area contributed by atoms with Gasteiger partial charge in [0.1, 0.15) is 5.15 Å². The fraction of sp³-hybridized carbons (Fsp3) is 0.0667. The molecule has 0 aliphatic rings. The third kappa shape index (κ3) is 3.52.